The molecule has 0 aliphatic carbocycles. The Labute approximate surface area is 168 Å². The summed E-state index contributed by atoms with van der Waals surface area (Å²) in [6.45, 7) is 0.736. The highest BCUT2D eigenvalue weighted by atomic mass is 35.5. The Morgan fingerprint density at radius 1 is 1.15 bits per heavy atom. The number of likely N-dealkylation sites (tertiary alicyclic amines) is 1. The number of amides is 2. The van der Waals surface area contributed by atoms with E-state index < -0.39 is 6.04 Å². The van der Waals surface area contributed by atoms with Gasteiger partial charge in [0, 0.05) is 17.1 Å². The van der Waals surface area contributed by atoms with Crippen molar-refractivity contribution in [3.05, 3.63) is 69.7 Å². The van der Waals surface area contributed by atoms with Crippen LogP contribution in [0.4, 0.5) is 0 Å². The van der Waals surface area contributed by atoms with Crippen LogP contribution in [-0.4, -0.2) is 35.8 Å². The number of carbonyl (C=O) groups is 2. The summed E-state index contributed by atoms with van der Waals surface area (Å²) in [6, 6.07) is 13.8. The number of nitrogens with zero attached hydrogens (tertiary/aromatic N) is 1. The second-order valence-corrected chi connectivity index (χ2v) is 7.01. The minimum atomic E-state index is -0.522. The van der Waals surface area contributed by atoms with Crippen LogP contribution >= 0.6 is 23.2 Å². The van der Waals surface area contributed by atoms with E-state index in [0.29, 0.717) is 28.6 Å². The monoisotopic (exact) mass is 400 g/mol. The maximum Gasteiger partial charge on any atom is 0.256 e. The molecule has 3 rings (SSSR count). The Morgan fingerprint density at radius 3 is 2.70 bits per heavy atom. The molecule has 4 nitrogen and oxygen atoms in total. The van der Waals surface area contributed by atoms with Crippen molar-refractivity contribution >= 4 is 35.0 Å². The summed E-state index contributed by atoms with van der Waals surface area (Å²) in [7, 11) is 0. The largest absolute Gasteiger partial charge is 0.343 e. The molecule has 1 N–H and O–H groups in total. The molecule has 1 heterocycles. The average Bonchev–Trinajstić information content (AvgIpc) is 3.17. The molecule has 1 atom stereocenters. The first-order chi connectivity index (χ1) is 13.1. The van der Waals surface area contributed by atoms with E-state index in [2.05, 4.69) is 17.2 Å². The summed E-state index contributed by atoms with van der Waals surface area (Å²) in [5.41, 5.74) is 1.20. The molecular formula is C21H18Cl2N2O2. The van der Waals surface area contributed by atoms with Crippen LogP contribution in [0, 0.1) is 11.8 Å². The minimum Gasteiger partial charge on any atom is -0.343 e. The number of benzene rings is 2. The minimum absolute atomic E-state index is 0.207. The van der Waals surface area contributed by atoms with Gasteiger partial charge in [-0.15, -0.1) is 0 Å². The van der Waals surface area contributed by atoms with E-state index in [-0.39, 0.29) is 18.4 Å². The Kier molecular flexibility index (Phi) is 6.39. The van der Waals surface area contributed by atoms with Gasteiger partial charge in [0.25, 0.3) is 5.91 Å². The third kappa shape index (κ3) is 4.82. The number of nitrogens with one attached hydrogen (secondary N) is 1. The van der Waals surface area contributed by atoms with Crippen molar-refractivity contribution in [3.63, 3.8) is 0 Å². The Bertz CT molecular complexity index is 903. The van der Waals surface area contributed by atoms with E-state index in [1.54, 1.807) is 17.0 Å². The van der Waals surface area contributed by atoms with Crippen molar-refractivity contribution in [3.8, 4) is 11.8 Å². The number of halogens is 2. The van der Waals surface area contributed by atoms with Gasteiger partial charge in [0.15, 0.2) is 0 Å². The van der Waals surface area contributed by atoms with Crippen molar-refractivity contribution in [1.82, 2.24) is 10.2 Å². The second kappa shape index (κ2) is 8.94. The highest BCUT2D eigenvalue weighted by Gasteiger charge is 2.35. The van der Waals surface area contributed by atoms with Crippen molar-refractivity contribution < 1.29 is 9.59 Å². The van der Waals surface area contributed by atoms with E-state index in [4.69, 9.17) is 23.2 Å². The number of carbonyl (C=O) groups excluding carboxylic acids is 2. The molecule has 2 aromatic carbocycles. The van der Waals surface area contributed by atoms with Crippen molar-refractivity contribution in [2.24, 2.45) is 0 Å². The normalized spacial score (nSPS) is 15.8. The van der Waals surface area contributed by atoms with Crippen LogP contribution < -0.4 is 5.32 Å². The van der Waals surface area contributed by atoms with Crippen molar-refractivity contribution in [2.45, 2.75) is 18.9 Å². The van der Waals surface area contributed by atoms with Gasteiger partial charge in [-0.1, -0.05) is 53.2 Å². The second-order valence-electron chi connectivity index (χ2n) is 6.17. The van der Waals surface area contributed by atoms with Crippen LogP contribution in [0.2, 0.25) is 10.0 Å². The third-order valence-electron chi connectivity index (χ3n) is 4.33. The summed E-state index contributed by atoms with van der Waals surface area (Å²) in [4.78, 5) is 26.9. The fourth-order valence-corrected chi connectivity index (χ4v) is 3.39. The van der Waals surface area contributed by atoms with Gasteiger partial charge in [-0.05, 0) is 43.2 Å². The SMILES string of the molecule is O=C(NCC#Cc1ccccc1)C1CCCN1C(=O)c1cc(Cl)ccc1Cl. The third-order valence-corrected chi connectivity index (χ3v) is 4.90. The van der Waals surface area contributed by atoms with Gasteiger partial charge < -0.3 is 10.2 Å². The first kappa shape index (κ1) is 19.3. The van der Waals surface area contributed by atoms with Crippen LogP contribution in [-0.2, 0) is 4.79 Å². The maximum atomic E-state index is 12.8. The fourth-order valence-electron chi connectivity index (χ4n) is 3.02. The smallest absolute Gasteiger partial charge is 0.256 e. The lowest BCUT2D eigenvalue weighted by molar-refractivity contribution is -0.124. The topological polar surface area (TPSA) is 49.4 Å². The highest BCUT2D eigenvalue weighted by molar-refractivity contribution is 6.35. The van der Waals surface area contributed by atoms with Crippen LogP contribution in [0.1, 0.15) is 28.8 Å². The van der Waals surface area contributed by atoms with Crippen LogP contribution in [0.3, 0.4) is 0 Å². The number of rotatable bonds is 3. The molecule has 6 heteroatoms. The molecule has 0 saturated carbocycles. The summed E-state index contributed by atoms with van der Waals surface area (Å²) >= 11 is 12.1. The molecule has 27 heavy (non-hydrogen) atoms. The molecule has 2 aromatic rings. The van der Waals surface area contributed by atoms with Gasteiger partial charge >= 0.3 is 0 Å². The standard InChI is InChI=1S/C21H18Cl2N2O2/c22-16-10-11-18(23)17(14-16)21(27)25-13-5-9-19(25)20(26)24-12-4-8-15-6-2-1-3-7-15/h1-3,6-7,10-11,14,19H,5,9,12-13H2,(H,24,26). The zero-order valence-electron chi connectivity index (χ0n) is 14.5. The molecule has 1 fully saturated rings. The quantitative estimate of drug-likeness (QED) is 0.797. The molecule has 1 saturated heterocycles. The summed E-state index contributed by atoms with van der Waals surface area (Å²) < 4.78 is 0. The lowest BCUT2D eigenvalue weighted by atomic mass is 10.1. The zero-order valence-corrected chi connectivity index (χ0v) is 16.1. The lowest BCUT2D eigenvalue weighted by Gasteiger charge is -2.24. The highest BCUT2D eigenvalue weighted by Crippen LogP contribution is 2.26. The molecule has 1 unspecified atom stereocenters. The molecule has 1 aliphatic heterocycles. The summed E-state index contributed by atoms with van der Waals surface area (Å²) in [5, 5.41) is 3.54. The molecule has 2 amide bonds. The molecule has 0 bridgehead atoms. The molecule has 0 radical (unpaired) electrons. The van der Waals surface area contributed by atoms with Crippen LogP contribution in [0.15, 0.2) is 48.5 Å². The average molecular weight is 401 g/mol. The first-order valence-corrected chi connectivity index (χ1v) is 9.39. The number of hydrogen-bond donors (Lipinski definition) is 1. The lowest BCUT2D eigenvalue weighted by Crippen LogP contribution is -2.46. The molecule has 138 valence electrons. The van der Waals surface area contributed by atoms with Gasteiger partial charge in [-0.25, -0.2) is 0 Å². The predicted octanol–water partition coefficient (Wildman–Crippen LogP) is 3.77. The number of hydrogen-bond acceptors (Lipinski definition) is 2. The van der Waals surface area contributed by atoms with Crippen molar-refractivity contribution in [2.75, 3.05) is 13.1 Å². The van der Waals surface area contributed by atoms with E-state index in [0.717, 1.165) is 12.0 Å². The Morgan fingerprint density at radius 2 is 1.93 bits per heavy atom. The molecular weight excluding hydrogens is 383 g/mol. The van der Waals surface area contributed by atoms with Gasteiger partial charge in [0.2, 0.25) is 5.91 Å². The predicted molar refractivity (Wildman–Crippen MR) is 107 cm³/mol. The van der Waals surface area contributed by atoms with E-state index in [1.807, 2.05) is 30.3 Å². The van der Waals surface area contributed by atoms with Crippen molar-refractivity contribution in [1.29, 1.82) is 0 Å². The molecule has 0 aromatic heterocycles. The zero-order chi connectivity index (χ0) is 19.2. The van der Waals surface area contributed by atoms with Gasteiger partial charge in [0.05, 0.1) is 17.1 Å². The maximum absolute atomic E-state index is 12.8. The van der Waals surface area contributed by atoms with Gasteiger partial charge in [0.1, 0.15) is 6.04 Å². The van der Waals surface area contributed by atoms with Crippen LogP contribution in [0.25, 0.3) is 0 Å². The van der Waals surface area contributed by atoms with Gasteiger partial charge in [-0.2, -0.15) is 0 Å². The van der Waals surface area contributed by atoms with E-state index in [9.17, 15) is 9.59 Å². The van der Waals surface area contributed by atoms with Gasteiger partial charge in [-0.3, -0.25) is 9.59 Å². The summed E-state index contributed by atoms with van der Waals surface area (Å²) in [6.07, 6.45) is 1.37. The van der Waals surface area contributed by atoms with Crippen LogP contribution in [0.5, 0.6) is 0 Å². The Balaban J connectivity index is 1.63. The van der Waals surface area contributed by atoms with E-state index in [1.165, 1.54) is 6.07 Å². The fraction of sp³-hybridized carbons (Fsp3) is 0.238. The molecule has 1 aliphatic rings. The summed E-state index contributed by atoms with van der Waals surface area (Å²) in [5.74, 6) is 5.42. The first-order valence-electron chi connectivity index (χ1n) is 8.64. The Hall–Kier alpha value is -2.48. The molecule has 0 spiro atoms. The van der Waals surface area contributed by atoms with E-state index >= 15 is 0 Å².